The van der Waals surface area contributed by atoms with Crippen LogP contribution in [0.5, 0.6) is 0 Å². The molecule has 0 spiro atoms. The number of hydrogen-bond acceptors (Lipinski definition) is 3. The predicted octanol–water partition coefficient (Wildman–Crippen LogP) is 1.28. The van der Waals surface area contributed by atoms with E-state index in [2.05, 4.69) is 0 Å². The second-order valence-electron chi connectivity index (χ2n) is 5.33. The van der Waals surface area contributed by atoms with Crippen molar-refractivity contribution in [1.82, 2.24) is 9.80 Å². The van der Waals surface area contributed by atoms with Crippen LogP contribution >= 0.6 is 0 Å². The fourth-order valence-electron chi connectivity index (χ4n) is 2.16. The Morgan fingerprint density at radius 3 is 2.42 bits per heavy atom. The van der Waals surface area contributed by atoms with Crippen LogP contribution in [0.3, 0.4) is 0 Å². The number of carboxylic acids is 1. The van der Waals surface area contributed by atoms with E-state index in [9.17, 15) is 9.59 Å². The summed E-state index contributed by atoms with van der Waals surface area (Å²) in [5.74, 6) is -0.523. The van der Waals surface area contributed by atoms with Crippen LogP contribution in [0.1, 0.15) is 32.1 Å². The van der Waals surface area contributed by atoms with Gasteiger partial charge in [-0.3, -0.25) is 4.79 Å². The highest BCUT2D eigenvalue weighted by Crippen LogP contribution is 2.32. The number of aliphatic carboxylic acids is 1. The van der Waals surface area contributed by atoms with Gasteiger partial charge in [0.2, 0.25) is 0 Å². The Balaban J connectivity index is 1.97. The zero-order valence-corrected chi connectivity index (χ0v) is 10.9. The van der Waals surface area contributed by atoms with Gasteiger partial charge in [0.15, 0.2) is 0 Å². The topological polar surface area (TPSA) is 84.6 Å². The van der Waals surface area contributed by atoms with Gasteiger partial charge in [-0.2, -0.15) is 5.26 Å². The quantitative estimate of drug-likeness (QED) is 0.751. The van der Waals surface area contributed by atoms with Gasteiger partial charge in [-0.05, 0) is 31.6 Å². The molecule has 2 fully saturated rings. The highest BCUT2D eigenvalue weighted by molar-refractivity contribution is 5.80. The molecular weight excluding hydrogens is 246 g/mol. The Kier molecular flexibility index (Phi) is 4.25. The first-order valence-corrected chi connectivity index (χ1v) is 6.76. The number of rotatable bonds is 7. The van der Waals surface area contributed by atoms with Crippen LogP contribution in [-0.2, 0) is 4.79 Å². The Morgan fingerprint density at radius 2 is 1.95 bits per heavy atom. The average molecular weight is 265 g/mol. The Labute approximate surface area is 112 Å². The molecule has 0 aliphatic heterocycles. The maximum absolute atomic E-state index is 12.4. The molecular formula is C13H19N3O3. The lowest BCUT2D eigenvalue weighted by molar-refractivity contribution is -0.137. The summed E-state index contributed by atoms with van der Waals surface area (Å²) in [5.41, 5.74) is 0. The molecule has 0 bridgehead atoms. The minimum absolute atomic E-state index is 0.205. The van der Waals surface area contributed by atoms with Crippen molar-refractivity contribution in [1.29, 1.82) is 5.26 Å². The third-order valence-electron chi connectivity index (χ3n) is 3.47. The smallest absolute Gasteiger partial charge is 0.323 e. The van der Waals surface area contributed by atoms with E-state index in [1.165, 1.54) is 4.90 Å². The average Bonchev–Trinajstić information content (AvgIpc) is 3.21. The van der Waals surface area contributed by atoms with Crippen LogP contribution in [0.15, 0.2) is 0 Å². The van der Waals surface area contributed by atoms with Crippen molar-refractivity contribution in [3.63, 3.8) is 0 Å². The maximum atomic E-state index is 12.4. The van der Waals surface area contributed by atoms with E-state index in [0.717, 1.165) is 25.7 Å². The Hall–Kier alpha value is -1.77. The highest BCUT2D eigenvalue weighted by atomic mass is 16.4. The lowest BCUT2D eigenvalue weighted by atomic mass is 10.3. The standard InChI is InChI=1S/C13H19N3O3/c14-6-1-7-16(11-4-5-11)13(19)15(9-12(17)18)8-10-2-3-10/h10-11H,1-5,7-9H2,(H,17,18). The van der Waals surface area contributed by atoms with Gasteiger partial charge in [-0.15, -0.1) is 0 Å². The summed E-state index contributed by atoms with van der Waals surface area (Å²) in [5, 5.41) is 17.6. The summed E-state index contributed by atoms with van der Waals surface area (Å²) in [4.78, 5) is 26.4. The molecule has 1 N–H and O–H groups in total. The molecule has 0 atom stereocenters. The van der Waals surface area contributed by atoms with Crippen molar-refractivity contribution < 1.29 is 14.7 Å². The van der Waals surface area contributed by atoms with Gasteiger partial charge in [0, 0.05) is 19.1 Å². The van der Waals surface area contributed by atoms with Crippen molar-refractivity contribution in [3.05, 3.63) is 0 Å². The maximum Gasteiger partial charge on any atom is 0.323 e. The minimum atomic E-state index is -0.981. The van der Waals surface area contributed by atoms with Gasteiger partial charge < -0.3 is 14.9 Å². The van der Waals surface area contributed by atoms with Crippen molar-refractivity contribution in [3.8, 4) is 6.07 Å². The molecule has 0 radical (unpaired) electrons. The fourth-order valence-corrected chi connectivity index (χ4v) is 2.16. The molecule has 0 aromatic carbocycles. The molecule has 0 aromatic heterocycles. The Bertz CT molecular complexity index is 396. The molecule has 6 nitrogen and oxygen atoms in total. The molecule has 2 saturated carbocycles. The van der Waals surface area contributed by atoms with Crippen molar-refractivity contribution in [2.45, 2.75) is 38.1 Å². The molecule has 0 heterocycles. The lowest BCUT2D eigenvalue weighted by Gasteiger charge is -2.29. The van der Waals surface area contributed by atoms with Gasteiger partial charge >= 0.3 is 12.0 Å². The largest absolute Gasteiger partial charge is 0.480 e. The summed E-state index contributed by atoms with van der Waals surface area (Å²) in [7, 11) is 0. The summed E-state index contributed by atoms with van der Waals surface area (Å²) in [6.45, 7) is 0.687. The van der Waals surface area contributed by atoms with E-state index in [0.29, 0.717) is 25.4 Å². The molecule has 0 saturated heterocycles. The molecule has 2 aliphatic carbocycles. The number of hydrogen-bond donors (Lipinski definition) is 1. The second-order valence-corrected chi connectivity index (χ2v) is 5.33. The molecule has 0 unspecified atom stereocenters. The Morgan fingerprint density at radius 1 is 1.26 bits per heavy atom. The first-order chi connectivity index (χ1) is 9.11. The summed E-state index contributed by atoms with van der Waals surface area (Å²) in [6, 6.07) is 2.03. The first kappa shape index (κ1) is 13.7. The number of carbonyl (C=O) groups excluding carboxylic acids is 1. The van der Waals surface area contributed by atoms with Gasteiger partial charge in [-0.25, -0.2) is 4.79 Å². The van der Waals surface area contributed by atoms with Crippen LogP contribution in [0.25, 0.3) is 0 Å². The molecule has 2 rings (SSSR count). The monoisotopic (exact) mass is 265 g/mol. The first-order valence-electron chi connectivity index (χ1n) is 6.76. The summed E-state index contributed by atoms with van der Waals surface area (Å²) < 4.78 is 0. The number of amides is 2. The number of urea groups is 1. The summed E-state index contributed by atoms with van der Waals surface area (Å²) >= 11 is 0. The van der Waals surface area contributed by atoms with Crippen molar-refractivity contribution in [2.24, 2.45) is 5.92 Å². The number of carboxylic acid groups (broad SMARTS) is 1. The molecule has 6 heteroatoms. The zero-order chi connectivity index (χ0) is 13.8. The van der Waals surface area contributed by atoms with E-state index in [4.69, 9.17) is 10.4 Å². The van der Waals surface area contributed by atoms with Crippen LogP contribution in [0, 0.1) is 17.2 Å². The number of nitrogens with zero attached hydrogens (tertiary/aromatic N) is 3. The fraction of sp³-hybridized carbons (Fsp3) is 0.769. The molecule has 0 aromatic rings. The predicted molar refractivity (Wildman–Crippen MR) is 67.3 cm³/mol. The van der Waals surface area contributed by atoms with Crippen LogP contribution in [0.4, 0.5) is 4.79 Å². The van der Waals surface area contributed by atoms with Gasteiger partial charge in [0.25, 0.3) is 0 Å². The lowest BCUT2D eigenvalue weighted by Crippen LogP contribution is -2.47. The third-order valence-corrected chi connectivity index (χ3v) is 3.47. The minimum Gasteiger partial charge on any atom is -0.480 e. The van der Waals surface area contributed by atoms with E-state index in [1.54, 1.807) is 4.90 Å². The van der Waals surface area contributed by atoms with E-state index < -0.39 is 5.97 Å². The molecule has 104 valence electrons. The zero-order valence-electron chi connectivity index (χ0n) is 10.9. The highest BCUT2D eigenvalue weighted by Gasteiger charge is 2.36. The van der Waals surface area contributed by atoms with Crippen LogP contribution in [0.2, 0.25) is 0 Å². The van der Waals surface area contributed by atoms with Gasteiger partial charge in [0.1, 0.15) is 6.54 Å². The van der Waals surface area contributed by atoms with Gasteiger partial charge in [-0.1, -0.05) is 0 Å². The van der Waals surface area contributed by atoms with E-state index in [1.807, 2.05) is 6.07 Å². The van der Waals surface area contributed by atoms with Crippen LogP contribution in [-0.4, -0.2) is 52.6 Å². The van der Waals surface area contributed by atoms with E-state index >= 15 is 0 Å². The third kappa shape index (κ3) is 4.12. The van der Waals surface area contributed by atoms with Crippen LogP contribution < -0.4 is 0 Å². The number of carbonyl (C=O) groups is 2. The summed E-state index contributed by atoms with van der Waals surface area (Å²) in [6.07, 6.45) is 4.37. The molecule has 19 heavy (non-hydrogen) atoms. The van der Waals surface area contributed by atoms with E-state index in [-0.39, 0.29) is 18.6 Å². The molecule has 2 aliphatic rings. The molecule has 2 amide bonds. The normalized spacial score (nSPS) is 17.6. The second kappa shape index (κ2) is 5.91. The van der Waals surface area contributed by atoms with Gasteiger partial charge in [0.05, 0.1) is 12.5 Å². The number of nitriles is 1. The van der Waals surface area contributed by atoms with Crippen molar-refractivity contribution >= 4 is 12.0 Å². The van der Waals surface area contributed by atoms with Crippen molar-refractivity contribution in [2.75, 3.05) is 19.6 Å². The SMILES string of the molecule is N#CCCN(C(=O)N(CC(=O)O)CC1CC1)C1CC1.